The van der Waals surface area contributed by atoms with Crippen molar-refractivity contribution in [1.29, 1.82) is 0 Å². The van der Waals surface area contributed by atoms with Crippen LogP contribution in [0, 0.1) is 0 Å². The minimum absolute atomic E-state index is 0.102. The summed E-state index contributed by atoms with van der Waals surface area (Å²) < 4.78 is -0.588. The molecule has 0 saturated carbocycles. The molecule has 0 amide bonds. The molecule has 0 bridgehead atoms. The summed E-state index contributed by atoms with van der Waals surface area (Å²) >= 11 is 0. The van der Waals surface area contributed by atoms with Crippen LogP contribution < -0.4 is 5.11 Å². The quantitative estimate of drug-likeness (QED) is 0.145. The first-order valence-corrected chi connectivity index (χ1v) is 12.8. The summed E-state index contributed by atoms with van der Waals surface area (Å²) in [6.07, 6.45) is 19.4. The van der Waals surface area contributed by atoms with Gasteiger partial charge in [0, 0.05) is 6.42 Å². The van der Waals surface area contributed by atoms with Crippen LogP contribution in [0.4, 0.5) is 0 Å². The van der Waals surface area contributed by atoms with Crippen molar-refractivity contribution in [2.24, 2.45) is 0 Å². The third-order valence-corrected chi connectivity index (χ3v) is 7.04. The normalized spacial score (nSPS) is 16.2. The highest BCUT2D eigenvalue weighted by Crippen LogP contribution is 2.26. The van der Waals surface area contributed by atoms with Gasteiger partial charge in [0.15, 0.2) is 12.1 Å². The molecule has 0 saturated heterocycles. The van der Waals surface area contributed by atoms with Gasteiger partial charge in [-0.05, 0) is 33.6 Å². The van der Waals surface area contributed by atoms with Crippen LogP contribution in [0.25, 0.3) is 0 Å². The van der Waals surface area contributed by atoms with Crippen LogP contribution in [0.15, 0.2) is 12.2 Å². The number of carboxylic acids is 3. The molecule has 0 aromatic carbocycles. The van der Waals surface area contributed by atoms with Crippen molar-refractivity contribution in [3.05, 3.63) is 12.2 Å². The number of carbonyl (C=O) groups is 3. The van der Waals surface area contributed by atoms with Crippen LogP contribution >= 0.6 is 0 Å². The Labute approximate surface area is 200 Å². The topological polar surface area (TPSA) is 115 Å². The van der Waals surface area contributed by atoms with Crippen molar-refractivity contribution in [3.63, 3.8) is 0 Å². The second-order valence-corrected chi connectivity index (χ2v) is 9.33. The molecule has 7 nitrogen and oxygen atoms in total. The Hall–Kier alpha value is -1.89. The third-order valence-electron chi connectivity index (χ3n) is 7.04. The van der Waals surface area contributed by atoms with E-state index in [9.17, 15) is 29.7 Å². The molecular formula is C26H47NO6. The molecular weight excluding hydrogens is 422 g/mol. The van der Waals surface area contributed by atoms with E-state index in [0.29, 0.717) is 6.42 Å². The Bertz CT molecular complexity index is 553. The first kappa shape index (κ1) is 31.1. The molecule has 7 heteroatoms. The number of quaternary nitrogens is 1. The minimum Gasteiger partial charge on any atom is -0.544 e. The second kappa shape index (κ2) is 17.6. The van der Waals surface area contributed by atoms with Crippen LogP contribution in [-0.2, 0) is 14.4 Å². The van der Waals surface area contributed by atoms with E-state index in [0.717, 1.165) is 12.8 Å². The van der Waals surface area contributed by atoms with E-state index in [1.807, 2.05) is 12.2 Å². The maximum absolute atomic E-state index is 11.7. The summed E-state index contributed by atoms with van der Waals surface area (Å²) in [7, 11) is 0. The fourth-order valence-electron chi connectivity index (χ4n) is 4.65. The average Bonchev–Trinajstić information content (AvgIpc) is 2.77. The number of rotatable bonds is 21. The van der Waals surface area contributed by atoms with Crippen LogP contribution in [0.2, 0.25) is 0 Å². The molecule has 3 atom stereocenters. The number of carbonyl (C=O) groups excluding carboxylic acids is 1. The molecule has 0 aromatic rings. The number of aliphatic carboxylic acids is 3. The summed E-state index contributed by atoms with van der Waals surface area (Å²) in [6.45, 7) is 6.42. The van der Waals surface area contributed by atoms with Crippen molar-refractivity contribution in [1.82, 2.24) is 0 Å². The lowest BCUT2D eigenvalue weighted by Gasteiger charge is -2.49. The number of unbranched alkanes of at least 4 members (excludes halogenated alkanes) is 11. The zero-order valence-corrected chi connectivity index (χ0v) is 21.3. The molecule has 0 aliphatic rings. The lowest BCUT2D eigenvalue weighted by molar-refractivity contribution is -0.969. The highest BCUT2D eigenvalue weighted by molar-refractivity contribution is 5.76. The van der Waals surface area contributed by atoms with Crippen molar-refractivity contribution >= 4 is 17.9 Å². The smallest absolute Gasteiger partial charge is 0.362 e. The number of carboxylic acid groups (broad SMARTS) is 3. The number of nitrogens with zero attached hydrogens (tertiary/aromatic N) is 1. The van der Waals surface area contributed by atoms with Gasteiger partial charge in [-0.25, -0.2) is 9.59 Å². The van der Waals surface area contributed by atoms with Crippen LogP contribution in [0.1, 0.15) is 111 Å². The molecule has 0 spiro atoms. The number of allylic oxidation sites excluding steroid dienone is 1. The van der Waals surface area contributed by atoms with Crippen molar-refractivity contribution in [2.75, 3.05) is 6.54 Å². The molecule has 0 aliphatic heterocycles. The first-order chi connectivity index (χ1) is 15.6. The zero-order chi connectivity index (χ0) is 25.3. The van der Waals surface area contributed by atoms with Gasteiger partial charge in [-0.1, -0.05) is 83.3 Å². The summed E-state index contributed by atoms with van der Waals surface area (Å²) in [5.74, 6) is -3.89. The van der Waals surface area contributed by atoms with E-state index in [2.05, 4.69) is 6.92 Å². The van der Waals surface area contributed by atoms with E-state index < -0.39 is 40.5 Å². The van der Waals surface area contributed by atoms with E-state index in [1.54, 1.807) is 0 Å². The summed E-state index contributed by atoms with van der Waals surface area (Å²) in [5, 5.41) is 30.8. The van der Waals surface area contributed by atoms with Crippen LogP contribution in [0.3, 0.4) is 0 Å². The predicted molar refractivity (Wildman–Crippen MR) is 129 cm³/mol. The zero-order valence-electron chi connectivity index (χ0n) is 21.3. The van der Waals surface area contributed by atoms with Crippen molar-refractivity contribution in [3.8, 4) is 0 Å². The maximum Gasteiger partial charge on any atom is 0.362 e. The molecule has 33 heavy (non-hydrogen) atoms. The fourth-order valence-corrected chi connectivity index (χ4v) is 4.65. The Kier molecular flexibility index (Phi) is 16.6. The number of hydrogen-bond acceptors (Lipinski definition) is 4. The Morgan fingerprint density at radius 1 is 0.697 bits per heavy atom. The summed E-state index contributed by atoms with van der Waals surface area (Å²) in [4.78, 5) is 35.1. The molecule has 0 aliphatic carbocycles. The van der Waals surface area contributed by atoms with Crippen molar-refractivity contribution in [2.45, 2.75) is 129 Å². The Balaban J connectivity index is 4.52. The van der Waals surface area contributed by atoms with Gasteiger partial charge in [-0.3, -0.25) is 4.48 Å². The van der Waals surface area contributed by atoms with E-state index in [4.69, 9.17) is 0 Å². The van der Waals surface area contributed by atoms with Gasteiger partial charge >= 0.3 is 11.9 Å². The van der Waals surface area contributed by atoms with Gasteiger partial charge in [0.05, 0.1) is 12.5 Å². The van der Waals surface area contributed by atoms with Gasteiger partial charge in [0.25, 0.3) is 0 Å². The van der Waals surface area contributed by atoms with Gasteiger partial charge in [0.1, 0.15) is 6.04 Å². The Morgan fingerprint density at radius 2 is 1.09 bits per heavy atom. The van der Waals surface area contributed by atoms with Crippen LogP contribution in [-0.4, -0.2) is 57.3 Å². The predicted octanol–water partition coefficient (Wildman–Crippen LogP) is 4.54. The molecule has 192 valence electrons. The number of hydrogen-bond donors (Lipinski definition) is 2. The molecule has 0 heterocycles. The Morgan fingerprint density at radius 3 is 1.48 bits per heavy atom. The monoisotopic (exact) mass is 469 g/mol. The van der Waals surface area contributed by atoms with Gasteiger partial charge in [0.2, 0.25) is 0 Å². The lowest BCUT2D eigenvalue weighted by Crippen LogP contribution is -2.71. The molecule has 2 N–H and O–H groups in total. The summed E-state index contributed by atoms with van der Waals surface area (Å²) in [5.41, 5.74) is 0. The standard InChI is InChI=1S/C26H47NO6/c1-5-6-7-8-9-10-11-12-13-14-15-16-17-18-19-20-27(21(2)24(28)29,22(3)25(30)31)23(4)26(32)33/h17-18,21-23H,5-16,19-20H2,1-4H3,(H2-,28,29,30,31,32,33)/b18-17+. The molecule has 3 unspecified atom stereocenters. The van der Waals surface area contributed by atoms with Gasteiger partial charge in [-0.15, -0.1) is 0 Å². The average molecular weight is 470 g/mol. The van der Waals surface area contributed by atoms with E-state index >= 15 is 0 Å². The molecule has 0 fully saturated rings. The highest BCUT2D eigenvalue weighted by atomic mass is 16.4. The molecule has 0 radical (unpaired) electrons. The molecule has 0 aromatic heterocycles. The van der Waals surface area contributed by atoms with E-state index in [-0.39, 0.29) is 6.54 Å². The highest BCUT2D eigenvalue weighted by Gasteiger charge is 2.50. The second-order valence-electron chi connectivity index (χ2n) is 9.33. The SMILES string of the molecule is CCCCCCCCCCCCC/C=C/CC[N+](C(C)C(=O)[O-])(C(C)C(=O)O)C(C)C(=O)O. The summed E-state index contributed by atoms with van der Waals surface area (Å²) in [6, 6.07) is -3.64. The fraction of sp³-hybridized carbons (Fsp3) is 0.808. The molecule has 0 rings (SSSR count). The van der Waals surface area contributed by atoms with Gasteiger partial charge in [-0.2, -0.15) is 0 Å². The van der Waals surface area contributed by atoms with Gasteiger partial charge < -0.3 is 20.1 Å². The third kappa shape index (κ3) is 11.2. The lowest BCUT2D eigenvalue weighted by atomic mass is 10.0. The van der Waals surface area contributed by atoms with Crippen LogP contribution in [0.5, 0.6) is 0 Å². The van der Waals surface area contributed by atoms with E-state index in [1.165, 1.54) is 85.0 Å². The largest absolute Gasteiger partial charge is 0.544 e. The minimum atomic E-state index is -1.44. The van der Waals surface area contributed by atoms with Crippen molar-refractivity contribution < 1.29 is 34.2 Å². The maximum atomic E-state index is 11.7. The first-order valence-electron chi connectivity index (χ1n) is 12.8.